The number of ketones is 1. The van der Waals surface area contributed by atoms with E-state index in [0.717, 1.165) is 48.6 Å². The van der Waals surface area contributed by atoms with Gasteiger partial charge in [0.1, 0.15) is 0 Å². The molecule has 1 aliphatic carbocycles. The molecule has 1 fully saturated rings. The summed E-state index contributed by atoms with van der Waals surface area (Å²) in [6.07, 6.45) is 0. The normalized spacial score (nSPS) is 17.0. The molecule has 0 spiro atoms. The second-order valence-corrected chi connectivity index (χ2v) is 5.20. The predicted octanol–water partition coefficient (Wildman–Crippen LogP) is 2.73. The van der Waals surface area contributed by atoms with Gasteiger partial charge in [0.05, 0.1) is 13.2 Å². The van der Waals surface area contributed by atoms with E-state index in [1.165, 1.54) is 5.69 Å². The number of carbonyl (C=O) groups excluding carboxylic acids is 1. The Morgan fingerprint density at radius 2 is 1.55 bits per heavy atom. The van der Waals surface area contributed by atoms with Gasteiger partial charge >= 0.3 is 0 Å². The molecule has 0 radical (unpaired) electrons. The number of morpholine rings is 1. The minimum atomic E-state index is 0.143. The lowest BCUT2D eigenvalue weighted by atomic mass is 10.0. The van der Waals surface area contributed by atoms with Crippen molar-refractivity contribution in [3.8, 4) is 11.1 Å². The highest BCUT2D eigenvalue weighted by atomic mass is 16.5. The van der Waals surface area contributed by atoms with Gasteiger partial charge in [-0.3, -0.25) is 4.79 Å². The summed E-state index contributed by atoms with van der Waals surface area (Å²) in [5.41, 5.74) is 4.94. The molecule has 3 nitrogen and oxygen atoms in total. The van der Waals surface area contributed by atoms with Gasteiger partial charge in [-0.05, 0) is 29.3 Å². The first-order chi connectivity index (χ1) is 9.84. The van der Waals surface area contributed by atoms with Crippen LogP contribution in [0.2, 0.25) is 0 Å². The van der Waals surface area contributed by atoms with Crippen LogP contribution in [0.4, 0.5) is 5.69 Å². The zero-order valence-corrected chi connectivity index (χ0v) is 11.1. The topological polar surface area (TPSA) is 29.5 Å². The summed E-state index contributed by atoms with van der Waals surface area (Å²) in [4.78, 5) is 14.7. The summed E-state index contributed by atoms with van der Waals surface area (Å²) in [6.45, 7) is 3.36. The number of hydrogen-bond donors (Lipinski definition) is 0. The molecule has 20 heavy (non-hydrogen) atoms. The van der Waals surface area contributed by atoms with Crippen LogP contribution in [0.5, 0.6) is 0 Å². The van der Waals surface area contributed by atoms with E-state index < -0.39 is 0 Å². The van der Waals surface area contributed by atoms with E-state index in [2.05, 4.69) is 11.0 Å². The van der Waals surface area contributed by atoms with Crippen molar-refractivity contribution in [2.24, 2.45) is 0 Å². The Morgan fingerprint density at radius 1 is 0.850 bits per heavy atom. The Balaban J connectivity index is 1.81. The number of benzene rings is 2. The molecule has 0 saturated carbocycles. The molecule has 0 amide bonds. The van der Waals surface area contributed by atoms with Crippen LogP contribution in [0.25, 0.3) is 11.1 Å². The first-order valence-corrected chi connectivity index (χ1v) is 6.95. The van der Waals surface area contributed by atoms with Gasteiger partial charge in [-0.25, -0.2) is 0 Å². The highest BCUT2D eigenvalue weighted by molar-refractivity contribution is 6.21. The minimum absolute atomic E-state index is 0.143. The highest BCUT2D eigenvalue weighted by Gasteiger charge is 2.26. The summed E-state index contributed by atoms with van der Waals surface area (Å²) in [5.74, 6) is 0.143. The molecule has 0 atom stereocenters. The third-order valence-electron chi connectivity index (χ3n) is 4.09. The van der Waals surface area contributed by atoms with Crippen molar-refractivity contribution in [1.82, 2.24) is 0 Å². The number of carbonyl (C=O) groups is 1. The van der Waals surface area contributed by atoms with Crippen LogP contribution < -0.4 is 4.90 Å². The van der Waals surface area contributed by atoms with Crippen molar-refractivity contribution >= 4 is 11.5 Å². The number of rotatable bonds is 1. The second-order valence-electron chi connectivity index (χ2n) is 5.20. The first-order valence-electron chi connectivity index (χ1n) is 6.95. The lowest BCUT2D eigenvalue weighted by molar-refractivity contribution is 0.104. The average molecular weight is 265 g/mol. The SMILES string of the molecule is O=C1c2ccccc2-c2cc(N3CCOCC3)ccc21. The van der Waals surface area contributed by atoms with E-state index in [4.69, 9.17) is 4.74 Å². The van der Waals surface area contributed by atoms with E-state index >= 15 is 0 Å². The molecule has 100 valence electrons. The molecule has 0 bridgehead atoms. The van der Waals surface area contributed by atoms with E-state index in [1.54, 1.807) is 0 Å². The largest absolute Gasteiger partial charge is 0.378 e. The van der Waals surface area contributed by atoms with Gasteiger partial charge in [-0.15, -0.1) is 0 Å². The fourth-order valence-electron chi connectivity index (χ4n) is 3.03. The molecule has 4 rings (SSSR count). The van der Waals surface area contributed by atoms with Crippen molar-refractivity contribution in [3.63, 3.8) is 0 Å². The molecule has 2 aliphatic rings. The van der Waals surface area contributed by atoms with E-state index in [0.29, 0.717) is 0 Å². The van der Waals surface area contributed by atoms with E-state index in [-0.39, 0.29) is 5.78 Å². The Labute approximate surface area is 117 Å². The van der Waals surface area contributed by atoms with Crippen molar-refractivity contribution in [2.75, 3.05) is 31.2 Å². The summed E-state index contributed by atoms with van der Waals surface area (Å²) in [7, 11) is 0. The molecule has 0 unspecified atom stereocenters. The molecule has 2 aromatic carbocycles. The van der Waals surface area contributed by atoms with Crippen LogP contribution in [0.15, 0.2) is 42.5 Å². The van der Waals surface area contributed by atoms with Crippen LogP contribution in [0.1, 0.15) is 15.9 Å². The van der Waals surface area contributed by atoms with Gasteiger partial charge in [0.25, 0.3) is 0 Å². The number of nitrogens with zero attached hydrogens (tertiary/aromatic N) is 1. The third-order valence-corrected chi connectivity index (χ3v) is 4.09. The molecular formula is C17H15NO2. The number of hydrogen-bond acceptors (Lipinski definition) is 3. The van der Waals surface area contributed by atoms with Crippen LogP contribution >= 0.6 is 0 Å². The first kappa shape index (κ1) is 11.7. The predicted molar refractivity (Wildman–Crippen MR) is 78.3 cm³/mol. The van der Waals surface area contributed by atoms with Gasteiger partial charge in [0.2, 0.25) is 0 Å². The number of ether oxygens (including phenoxy) is 1. The van der Waals surface area contributed by atoms with Crippen LogP contribution in [-0.2, 0) is 4.74 Å². The lowest BCUT2D eigenvalue weighted by Crippen LogP contribution is -2.36. The molecular weight excluding hydrogens is 250 g/mol. The van der Waals surface area contributed by atoms with Crippen LogP contribution in [-0.4, -0.2) is 32.1 Å². The fraction of sp³-hybridized carbons (Fsp3) is 0.235. The maximum atomic E-state index is 12.3. The zero-order valence-electron chi connectivity index (χ0n) is 11.1. The smallest absolute Gasteiger partial charge is 0.194 e. The van der Waals surface area contributed by atoms with Gasteiger partial charge in [0.15, 0.2) is 5.78 Å². The van der Waals surface area contributed by atoms with Gasteiger partial charge in [-0.2, -0.15) is 0 Å². The highest BCUT2D eigenvalue weighted by Crippen LogP contribution is 2.38. The van der Waals surface area contributed by atoms with Gasteiger partial charge in [-0.1, -0.05) is 24.3 Å². The van der Waals surface area contributed by atoms with Gasteiger partial charge < -0.3 is 9.64 Å². The minimum Gasteiger partial charge on any atom is -0.378 e. The number of fused-ring (bicyclic) bond motifs is 3. The molecule has 0 aromatic heterocycles. The molecule has 1 saturated heterocycles. The summed E-state index contributed by atoms with van der Waals surface area (Å²) in [6, 6.07) is 14.0. The Hall–Kier alpha value is -2.13. The summed E-state index contributed by atoms with van der Waals surface area (Å²) in [5, 5.41) is 0. The maximum Gasteiger partial charge on any atom is 0.194 e. The Morgan fingerprint density at radius 3 is 2.35 bits per heavy atom. The summed E-state index contributed by atoms with van der Waals surface area (Å²) >= 11 is 0. The monoisotopic (exact) mass is 265 g/mol. The Bertz CT molecular complexity index is 687. The van der Waals surface area contributed by atoms with Crippen LogP contribution in [0, 0.1) is 0 Å². The zero-order chi connectivity index (χ0) is 13.5. The molecule has 0 N–H and O–H groups in total. The maximum absolute atomic E-state index is 12.3. The second kappa shape index (κ2) is 4.46. The van der Waals surface area contributed by atoms with Gasteiger partial charge in [0, 0.05) is 29.9 Å². The van der Waals surface area contributed by atoms with Crippen molar-refractivity contribution < 1.29 is 9.53 Å². The average Bonchev–Trinajstić information content (AvgIpc) is 2.81. The quantitative estimate of drug-likeness (QED) is 0.677. The van der Waals surface area contributed by atoms with E-state index in [1.807, 2.05) is 36.4 Å². The Kier molecular flexibility index (Phi) is 2.60. The molecule has 2 aromatic rings. The van der Waals surface area contributed by atoms with E-state index in [9.17, 15) is 4.79 Å². The van der Waals surface area contributed by atoms with Crippen molar-refractivity contribution in [3.05, 3.63) is 53.6 Å². The molecule has 1 aliphatic heterocycles. The standard InChI is InChI=1S/C17H15NO2/c19-17-14-4-2-1-3-13(14)16-11-12(5-6-15(16)17)18-7-9-20-10-8-18/h1-6,11H,7-10H2. The third kappa shape index (κ3) is 1.67. The number of anilines is 1. The fourth-order valence-corrected chi connectivity index (χ4v) is 3.03. The summed E-state index contributed by atoms with van der Waals surface area (Å²) < 4.78 is 5.39. The molecule has 3 heteroatoms. The van der Waals surface area contributed by atoms with Crippen molar-refractivity contribution in [1.29, 1.82) is 0 Å². The molecule has 1 heterocycles. The van der Waals surface area contributed by atoms with Crippen LogP contribution in [0.3, 0.4) is 0 Å². The lowest BCUT2D eigenvalue weighted by Gasteiger charge is -2.29. The van der Waals surface area contributed by atoms with Crippen molar-refractivity contribution in [2.45, 2.75) is 0 Å².